The van der Waals surface area contributed by atoms with Gasteiger partial charge in [-0.3, -0.25) is 4.79 Å². The molecule has 1 fully saturated rings. The maximum Gasteiger partial charge on any atom is 0.326 e. The molecule has 0 aromatic rings. The van der Waals surface area contributed by atoms with Gasteiger partial charge in [0.1, 0.15) is 12.6 Å². The number of carbonyl (C=O) groups excluding carboxylic acids is 2. The molecule has 2 amide bonds. The summed E-state index contributed by atoms with van der Waals surface area (Å²) in [5, 5.41) is 9.31. The predicted octanol–water partition coefficient (Wildman–Crippen LogP) is 1.18. The molecule has 1 aliphatic rings. The Morgan fingerprint density at radius 3 is 2.52 bits per heavy atom. The second-order valence-electron chi connectivity index (χ2n) is 5.29. The number of carboxylic acid groups (broad SMARTS) is 1. The van der Waals surface area contributed by atoms with Crippen LogP contribution in [-0.2, 0) is 14.3 Å². The van der Waals surface area contributed by atoms with Gasteiger partial charge in [0.15, 0.2) is 0 Å². The smallest absolute Gasteiger partial charge is 0.326 e. The summed E-state index contributed by atoms with van der Waals surface area (Å²) in [5.74, 6) is -1.17. The van der Waals surface area contributed by atoms with Crippen molar-refractivity contribution in [2.75, 3.05) is 26.7 Å². The second-order valence-corrected chi connectivity index (χ2v) is 5.29. The number of esters is 1. The molecule has 0 saturated carbocycles. The normalized spacial score (nSPS) is 21.8. The van der Waals surface area contributed by atoms with Crippen molar-refractivity contribution in [1.29, 1.82) is 0 Å². The summed E-state index contributed by atoms with van der Waals surface area (Å²) in [6.45, 7) is 4.19. The van der Waals surface area contributed by atoms with Gasteiger partial charge < -0.3 is 19.6 Å². The van der Waals surface area contributed by atoms with Gasteiger partial charge in [0.25, 0.3) is 0 Å². The number of hydrogen-bond donors (Lipinski definition) is 1. The molecule has 1 saturated heterocycles. The van der Waals surface area contributed by atoms with Gasteiger partial charge in [-0.2, -0.15) is 0 Å². The summed E-state index contributed by atoms with van der Waals surface area (Å²) in [5.41, 5.74) is 0. The van der Waals surface area contributed by atoms with Crippen LogP contribution in [0.15, 0.2) is 0 Å². The molecular weight excluding hydrogens is 276 g/mol. The van der Waals surface area contributed by atoms with Crippen LogP contribution in [0.1, 0.15) is 33.1 Å². The Kier molecular flexibility index (Phi) is 6.45. The summed E-state index contributed by atoms with van der Waals surface area (Å²) < 4.78 is 4.79. The van der Waals surface area contributed by atoms with E-state index in [9.17, 15) is 19.5 Å². The number of carbonyl (C=O) groups is 3. The summed E-state index contributed by atoms with van der Waals surface area (Å²) in [6, 6.07) is -1.26. The minimum absolute atomic E-state index is 0.174. The van der Waals surface area contributed by atoms with E-state index < -0.39 is 24.0 Å². The first-order chi connectivity index (χ1) is 9.90. The highest BCUT2D eigenvalue weighted by atomic mass is 16.5. The molecule has 0 bridgehead atoms. The Balaban J connectivity index is 2.70. The Hall–Kier alpha value is -1.79. The van der Waals surface area contributed by atoms with Crippen molar-refractivity contribution < 1.29 is 24.2 Å². The van der Waals surface area contributed by atoms with Gasteiger partial charge in [0.05, 0.1) is 6.61 Å². The lowest BCUT2D eigenvalue weighted by Crippen LogP contribution is -2.54. The molecular formula is C14H24N2O5. The summed E-state index contributed by atoms with van der Waals surface area (Å²) in [6.07, 6.45) is 2.16. The molecule has 120 valence electrons. The highest BCUT2D eigenvalue weighted by molar-refractivity contribution is 5.85. The number of likely N-dealkylation sites (tertiary alicyclic amines) is 1. The van der Waals surface area contributed by atoms with Gasteiger partial charge in [-0.1, -0.05) is 13.3 Å². The molecule has 0 aliphatic carbocycles. The highest BCUT2D eigenvalue weighted by Gasteiger charge is 2.37. The van der Waals surface area contributed by atoms with Crippen LogP contribution in [0.2, 0.25) is 0 Å². The van der Waals surface area contributed by atoms with E-state index in [1.165, 1.54) is 16.8 Å². The first kappa shape index (κ1) is 17.3. The van der Waals surface area contributed by atoms with E-state index >= 15 is 0 Å². The van der Waals surface area contributed by atoms with E-state index in [2.05, 4.69) is 0 Å². The van der Waals surface area contributed by atoms with E-state index in [1.54, 1.807) is 6.92 Å². The van der Waals surface area contributed by atoms with Gasteiger partial charge in [0, 0.05) is 13.6 Å². The standard InChI is InChI=1S/C14H24N2O5/c1-4-10-6-7-16(11(8-10)13(18)19)14(20)15(3)9-12(17)21-5-2/h10-11H,4-9H2,1-3H3,(H,18,19). The average Bonchev–Trinajstić information content (AvgIpc) is 2.45. The van der Waals surface area contributed by atoms with E-state index in [1.807, 2.05) is 6.92 Å². The number of urea groups is 1. The molecule has 2 atom stereocenters. The maximum atomic E-state index is 12.3. The first-order valence-electron chi connectivity index (χ1n) is 7.30. The van der Waals surface area contributed by atoms with Gasteiger partial charge in [-0.15, -0.1) is 0 Å². The number of nitrogens with zero attached hydrogens (tertiary/aromatic N) is 2. The van der Waals surface area contributed by atoms with Gasteiger partial charge in [-0.05, 0) is 25.7 Å². The van der Waals surface area contributed by atoms with E-state index in [0.717, 1.165) is 12.8 Å². The zero-order chi connectivity index (χ0) is 16.0. The van der Waals surface area contributed by atoms with Gasteiger partial charge in [-0.25, -0.2) is 9.59 Å². The van der Waals surface area contributed by atoms with Crippen molar-refractivity contribution in [3.8, 4) is 0 Å². The number of rotatable bonds is 5. The fraction of sp³-hybridized carbons (Fsp3) is 0.786. The fourth-order valence-electron chi connectivity index (χ4n) is 2.56. The zero-order valence-electron chi connectivity index (χ0n) is 12.9. The van der Waals surface area contributed by atoms with Crippen LogP contribution >= 0.6 is 0 Å². The van der Waals surface area contributed by atoms with Crippen LogP contribution in [0.3, 0.4) is 0 Å². The average molecular weight is 300 g/mol. The van der Waals surface area contributed by atoms with E-state index in [-0.39, 0.29) is 13.2 Å². The van der Waals surface area contributed by atoms with Crippen LogP contribution < -0.4 is 0 Å². The van der Waals surface area contributed by atoms with Crippen LogP contribution in [0.25, 0.3) is 0 Å². The summed E-state index contributed by atoms with van der Waals surface area (Å²) in [4.78, 5) is 37.7. The van der Waals surface area contributed by atoms with Crippen LogP contribution in [0, 0.1) is 5.92 Å². The molecule has 7 heteroatoms. The minimum atomic E-state index is -0.994. The van der Waals surface area contributed by atoms with Gasteiger partial charge in [0.2, 0.25) is 0 Å². The Morgan fingerprint density at radius 2 is 2.00 bits per heavy atom. The van der Waals surface area contributed by atoms with Crippen molar-refractivity contribution >= 4 is 18.0 Å². The summed E-state index contributed by atoms with van der Waals surface area (Å²) in [7, 11) is 1.48. The van der Waals surface area contributed by atoms with Crippen LogP contribution in [0.4, 0.5) is 4.79 Å². The topological polar surface area (TPSA) is 87.2 Å². The van der Waals surface area contributed by atoms with Gasteiger partial charge >= 0.3 is 18.0 Å². The number of carboxylic acids is 1. The molecule has 0 radical (unpaired) electrons. The van der Waals surface area contributed by atoms with Crippen molar-refractivity contribution in [1.82, 2.24) is 9.80 Å². The number of ether oxygens (including phenoxy) is 1. The highest BCUT2D eigenvalue weighted by Crippen LogP contribution is 2.26. The molecule has 7 nitrogen and oxygen atoms in total. The minimum Gasteiger partial charge on any atom is -0.480 e. The molecule has 0 aromatic heterocycles. The SMILES string of the molecule is CCOC(=O)CN(C)C(=O)N1CCC(CC)CC1C(=O)O. The lowest BCUT2D eigenvalue weighted by atomic mass is 9.89. The van der Waals surface area contributed by atoms with E-state index in [4.69, 9.17) is 4.74 Å². The largest absolute Gasteiger partial charge is 0.480 e. The number of hydrogen-bond acceptors (Lipinski definition) is 4. The quantitative estimate of drug-likeness (QED) is 0.770. The summed E-state index contributed by atoms with van der Waals surface area (Å²) >= 11 is 0. The third-order valence-corrected chi connectivity index (χ3v) is 3.82. The van der Waals surface area contributed by atoms with E-state index in [0.29, 0.717) is 18.9 Å². The molecule has 21 heavy (non-hydrogen) atoms. The monoisotopic (exact) mass is 300 g/mol. The molecule has 0 spiro atoms. The molecule has 1 rings (SSSR count). The Labute approximate surface area is 124 Å². The Bertz CT molecular complexity index is 399. The number of likely N-dealkylation sites (N-methyl/N-ethyl adjacent to an activating group) is 1. The van der Waals surface area contributed by atoms with Crippen molar-refractivity contribution in [3.05, 3.63) is 0 Å². The first-order valence-corrected chi connectivity index (χ1v) is 7.30. The molecule has 1 heterocycles. The number of amides is 2. The Morgan fingerprint density at radius 1 is 1.33 bits per heavy atom. The van der Waals surface area contributed by atoms with Crippen molar-refractivity contribution in [3.63, 3.8) is 0 Å². The second kappa shape index (κ2) is 7.85. The predicted molar refractivity (Wildman–Crippen MR) is 75.8 cm³/mol. The maximum absolute atomic E-state index is 12.3. The van der Waals surface area contributed by atoms with Crippen LogP contribution in [0.5, 0.6) is 0 Å². The number of piperidine rings is 1. The van der Waals surface area contributed by atoms with Crippen molar-refractivity contribution in [2.45, 2.75) is 39.2 Å². The lowest BCUT2D eigenvalue weighted by molar-refractivity contribution is -0.144. The fourth-order valence-corrected chi connectivity index (χ4v) is 2.56. The van der Waals surface area contributed by atoms with Crippen molar-refractivity contribution in [2.24, 2.45) is 5.92 Å². The molecule has 1 aliphatic heterocycles. The molecule has 0 aromatic carbocycles. The lowest BCUT2D eigenvalue weighted by Gasteiger charge is -2.38. The molecule has 1 N–H and O–H groups in total. The van der Waals surface area contributed by atoms with Crippen LogP contribution in [-0.4, -0.2) is 65.7 Å². The zero-order valence-corrected chi connectivity index (χ0v) is 12.9. The third kappa shape index (κ3) is 4.61. The molecule has 2 unspecified atom stereocenters. The number of aliphatic carboxylic acids is 1. The third-order valence-electron chi connectivity index (χ3n) is 3.82.